The minimum absolute atomic E-state index is 0.00153. The Morgan fingerprint density at radius 3 is 2.63 bits per heavy atom. The van der Waals surface area contributed by atoms with Crippen molar-refractivity contribution < 1.29 is 27.0 Å². The van der Waals surface area contributed by atoms with Crippen LogP contribution in [0.2, 0.25) is 0 Å². The third-order valence-electron chi connectivity index (χ3n) is 3.17. The van der Waals surface area contributed by atoms with E-state index in [1.165, 1.54) is 0 Å². The Hall–Kier alpha value is -0.400. The van der Waals surface area contributed by atoms with Crippen LogP contribution in [0.4, 0.5) is 17.6 Å². The number of ether oxygens (including phenoxy) is 2. The largest absolute Gasteiger partial charge is 0.375 e. The van der Waals surface area contributed by atoms with Crippen molar-refractivity contribution in [3.63, 3.8) is 0 Å². The summed E-state index contributed by atoms with van der Waals surface area (Å²) < 4.78 is 59.3. The molecule has 0 aromatic heterocycles. The molecule has 0 bridgehead atoms. The van der Waals surface area contributed by atoms with Gasteiger partial charge in [-0.05, 0) is 20.8 Å². The molecule has 1 atom stereocenters. The van der Waals surface area contributed by atoms with E-state index < -0.39 is 19.0 Å². The number of morpholine rings is 1. The normalized spacial score (nSPS) is 24.9. The number of hydrogen-bond donors (Lipinski definition) is 0. The van der Waals surface area contributed by atoms with Crippen LogP contribution in [0.5, 0.6) is 0 Å². The summed E-state index contributed by atoms with van der Waals surface area (Å²) in [5.74, 6) is -4.08. The lowest BCUT2D eigenvalue weighted by atomic mass is 10.0. The predicted octanol–water partition coefficient (Wildman–Crippen LogP) is 2.40. The van der Waals surface area contributed by atoms with Gasteiger partial charge >= 0.3 is 12.3 Å². The third kappa shape index (κ3) is 4.89. The Morgan fingerprint density at radius 2 is 2.05 bits per heavy atom. The van der Waals surface area contributed by atoms with E-state index in [9.17, 15) is 17.6 Å². The average Bonchev–Trinajstić information content (AvgIpc) is 2.29. The zero-order valence-corrected chi connectivity index (χ0v) is 11.5. The molecule has 1 aliphatic rings. The molecular formula is C12H21F4NO2. The molecule has 0 amide bonds. The monoisotopic (exact) mass is 287 g/mol. The molecule has 7 heteroatoms. The van der Waals surface area contributed by atoms with E-state index in [0.29, 0.717) is 19.7 Å². The summed E-state index contributed by atoms with van der Waals surface area (Å²) in [6.07, 6.45) is -3.62. The van der Waals surface area contributed by atoms with Crippen LogP contribution in [0.1, 0.15) is 20.8 Å². The molecule has 1 fully saturated rings. The van der Waals surface area contributed by atoms with E-state index in [0.717, 1.165) is 0 Å². The van der Waals surface area contributed by atoms with E-state index in [1.807, 2.05) is 20.8 Å². The zero-order valence-electron chi connectivity index (χ0n) is 11.5. The Labute approximate surface area is 110 Å². The molecule has 0 aliphatic carbocycles. The second-order valence-corrected chi connectivity index (χ2v) is 5.49. The topological polar surface area (TPSA) is 21.7 Å². The zero-order chi connectivity index (χ0) is 14.7. The highest BCUT2D eigenvalue weighted by atomic mass is 19.3. The highest BCUT2D eigenvalue weighted by molar-refractivity contribution is 4.86. The van der Waals surface area contributed by atoms with Crippen LogP contribution in [-0.4, -0.2) is 61.8 Å². The van der Waals surface area contributed by atoms with Crippen molar-refractivity contribution in [3.05, 3.63) is 0 Å². The molecule has 1 rings (SSSR count). The second-order valence-electron chi connectivity index (χ2n) is 5.49. The Morgan fingerprint density at radius 1 is 1.42 bits per heavy atom. The molecule has 1 saturated heterocycles. The fourth-order valence-corrected chi connectivity index (χ4v) is 1.89. The average molecular weight is 287 g/mol. The van der Waals surface area contributed by atoms with Gasteiger partial charge in [-0.3, -0.25) is 4.90 Å². The molecular weight excluding hydrogens is 266 g/mol. The van der Waals surface area contributed by atoms with Crippen molar-refractivity contribution in [3.8, 4) is 0 Å². The molecule has 114 valence electrons. The van der Waals surface area contributed by atoms with Crippen LogP contribution in [0.25, 0.3) is 0 Å². The Bertz CT molecular complexity index is 287. The molecule has 19 heavy (non-hydrogen) atoms. The molecule has 1 aliphatic heterocycles. The number of nitrogens with zero attached hydrogens (tertiary/aromatic N) is 1. The molecule has 0 aromatic carbocycles. The van der Waals surface area contributed by atoms with Gasteiger partial charge in [-0.15, -0.1) is 0 Å². The molecule has 0 N–H and O–H groups in total. The molecule has 0 saturated carbocycles. The minimum Gasteiger partial charge on any atom is -0.375 e. The summed E-state index contributed by atoms with van der Waals surface area (Å²) in [7, 11) is 0. The molecule has 1 unspecified atom stereocenters. The molecule has 0 aromatic rings. The standard InChI is InChI=1S/C12H21F4NO2/c1-9-6-17(11(2,3)7-19-9)4-5-18-8-12(15,16)10(13)14/h9-10H,4-8H2,1-3H3. The summed E-state index contributed by atoms with van der Waals surface area (Å²) in [5.41, 5.74) is -0.207. The molecule has 1 heterocycles. The van der Waals surface area contributed by atoms with E-state index >= 15 is 0 Å². The first-order valence-electron chi connectivity index (χ1n) is 6.25. The maximum Gasteiger partial charge on any atom is 0.330 e. The lowest BCUT2D eigenvalue weighted by Gasteiger charge is -2.44. The second kappa shape index (κ2) is 6.37. The summed E-state index contributed by atoms with van der Waals surface area (Å²) >= 11 is 0. The Kier molecular flexibility index (Phi) is 5.58. The van der Waals surface area contributed by atoms with Gasteiger partial charge in [0.15, 0.2) is 0 Å². The van der Waals surface area contributed by atoms with Gasteiger partial charge in [0, 0.05) is 18.6 Å². The van der Waals surface area contributed by atoms with Gasteiger partial charge in [0.25, 0.3) is 0 Å². The van der Waals surface area contributed by atoms with E-state index in [2.05, 4.69) is 9.64 Å². The quantitative estimate of drug-likeness (QED) is 0.553. The van der Waals surface area contributed by atoms with Crippen LogP contribution >= 0.6 is 0 Å². The number of rotatable bonds is 6. The smallest absolute Gasteiger partial charge is 0.330 e. The lowest BCUT2D eigenvalue weighted by Crippen LogP contribution is -2.56. The number of halogens is 4. The SMILES string of the molecule is CC1CN(CCOCC(F)(F)C(F)F)C(C)(C)CO1. The van der Waals surface area contributed by atoms with E-state index in [1.54, 1.807) is 0 Å². The van der Waals surface area contributed by atoms with Gasteiger partial charge < -0.3 is 9.47 Å². The summed E-state index contributed by atoms with van der Waals surface area (Å²) in [5, 5.41) is 0. The van der Waals surface area contributed by atoms with Gasteiger partial charge in [0.2, 0.25) is 0 Å². The van der Waals surface area contributed by atoms with Crippen molar-refractivity contribution >= 4 is 0 Å². The molecule has 0 radical (unpaired) electrons. The number of hydrogen-bond acceptors (Lipinski definition) is 3. The van der Waals surface area contributed by atoms with Crippen LogP contribution in [0.15, 0.2) is 0 Å². The maximum absolute atomic E-state index is 12.6. The highest BCUT2D eigenvalue weighted by Crippen LogP contribution is 2.24. The van der Waals surface area contributed by atoms with Gasteiger partial charge in [-0.25, -0.2) is 8.78 Å². The maximum atomic E-state index is 12.6. The minimum atomic E-state index is -4.08. The van der Waals surface area contributed by atoms with Gasteiger partial charge in [-0.2, -0.15) is 8.78 Å². The summed E-state index contributed by atoms with van der Waals surface area (Å²) in [6.45, 7) is 6.26. The predicted molar refractivity (Wildman–Crippen MR) is 62.8 cm³/mol. The van der Waals surface area contributed by atoms with Crippen molar-refractivity contribution in [2.75, 3.05) is 32.9 Å². The molecule has 3 nitrogen and oxygen atoms in total. The fourth-order valence-electron chi connectivity index (χ4n) is 1.89. The first-order chi connectivity index (χ1) is 8.65. The highest BCUT2D eigenvalue weighted by Gasteiger charge is 2.41. The van der Waals surface area contributed by atoms with Gasteiger partial charge in [0.1, 0.15) is 6.61 Å². The van der Waals surface area contributed by atoms with Crippen LogP contribution in [0.3, 0.4) is 0 Å². The van der Waals surface area contributed by atoms with Crippen molar-refractivity contribution in [2.24, 2.45) is 0 Å². The fraction of sp³-hybridized carbons (Fsp3) is 1.00. The van der Waals surface area contributed by atoms with Crippen molar-refractivity contribution in [1.82, 2.24) is 4.90 Å². The van der Waals surface area contributed by atoms with Crippen molar-refractivity contribution in [1.29, 1.82) is 0 Å². The number of alkyl halides is 4. The van der Waals surface area contributed by atoms with Crippen LogP contribution in [-0.2, 0) is 9.47 Å². The lowest BCUT2D eigenvalue weighted by molar-refractivity contribution is -0.169. The Balaban J connectivity index is 2.32. The van der Waals surface area contributed by atoms with Crippen LogP contribution < -0.4 is 0 Å². The van der Waals surface area contributed by atoms with Gasteiger partial charge in [-0.1, -0.05) is 0 Å². The van der Waals surface area contributed by atoms with Gasteiger partial charge in [0.05, 0.1) is 19.3 Å². The molecule has 0 spiro atoms. The van der Waals surface area contributed by atoms with Crippen molar-refractivity contribution in [2.45, 2.75) is 44.8 Å². The first kappa shape index (κ1) is 16.7. The van der Waals surface area contributed by atoms with Crippen LogP contribution in [0, 0.1) is 0 Å². The van der Waals surface area contributed by atoms with E-state index in [-0.39, 0.29) is 18.2 Å². The first-order valence-corrected chi connectivity index (χ1v) is 6.25. The van der Waals surface area contributed by atoms with E-state index in [4.69, 9.17) is 4.74 Å². The summed E-state index contributed by atoms with van der Waals surface area (Å²) in [6, 6.07) is 0. The summed E-state index contributed by atoms with van der Waals surface area (Å²) in [4.78, 5) is 2.06. The third-order valence-corrected chi connectivity index (χ3v) is 3.17.